The Bertz CT molecular complexity index is 1260. The summed E-state index contributed by atoms with van der Waals surface area (Å²) in [6, 6.07) is 14.2. The molecule has 0 saturated carbocycles. The molecule has 0 amide bonds. The summed E-state index contributed by atoms with van der Waals surface area (Å²) in [5.74, 6) is 0.553. The molecular weight excluding hydrogens is 396 g/mol. The number of carbonyl (C=O) groups excluding carboxylic acids is 1. The van der Waals surface area contributed by atoms with Gasteiger partial charge in [-0.2, -0.15) is 0 Å². The van der Waals surface area contributed by atoms with Crippen molar-refractivity contribution >= 4 is 5.78 Å². The minimum Gasteiger partial charge on any atom is -0.308 e. The first-order valence-corrected chi connectivity index (χ1v) is 11.0. The molecular formula is C27H24N4O. The molecule has 0 N–H and O–H groups in total. The molecule has 32 heavy (non-hydrogen) atoms. The van der Waals surface area contributed by atoms with Gasteiger partial charge in [-0.25, -0.2) is 14.8 Å². The van der Waals surface area contributed by atoms with Gasteiger partial charge in [0.25, 0.3) is 0 Å². The molecule has 2 heterocycles. The van der Waals surface area contributed by atoms with Crippen molar-refractivity contribution in [2.75, 3.05) is 0 Å². The first-order valence-electron chi connectivity index (χ1n) is 11.0. The van der Waals surface area contributed by atoms with Crippen LogP contribution in [-0.4, -0.2) is 20.7 Å². The molecule has 5 rings (SSSR count). The van der Waals surface area contributed by atoms with E-state index < -0.39 is 5.41 Å². The minimum absolute atomic E-state index is 0.0427. The van der Waals surface area contributed by atoms with Gasteiger partial charge in [-0.1, -0.05) is 50.3 Å². The van der Waals surface area contributed by atoms with E-state index >= 15 is 0 Å². The quantitative estimate of drug-likeness (QED) is 0.561. The fourth-order valence-electron chi connectivity index (χ4n) is 5.38. The molecule has 2 aliphatic carbocycles. The summed E-state index contributed by atoms with van der Waals surface area (Å²) in [5, 5.41) is 0. The van der Waals surface area contributed by atoms with Gasteiger partial charge >= 0.3 is 0 Å². The van der Waals surface area contributed by atoms with Crippen LogP contribution >= 0.6 is 0 Å². The summed E-state index contributed by atoms with van der Waals surface area (Å²) >= 11 is 0. The van der Waals surface area contributed by atoms with E-state index in [0.717, 1.165) is 41.8 Å². The molecule has 2 aromatic heterocycles. The van der Waals surface area contributed by atoms with E-state index in [0.29, 0.717) is 5.82 Å². The smallest absolute Gasteiger partial charge is 0.226 e. The van der Waals surface area contributed by atoms with E-state index in [1.54, 1.807) is 12.4 Å². The summed E-state index contributed by atoms with van der Waals surface area (Å²) in [6.45, 7) is 11.7. The van der Waals surface area contributed by atoms with Crippen LogP contribution in [0.15, 0.2) is 66.6 Å². The van der Waals surface area contributed by atoms with E-state index in [2.05, 4.69) is 28.9 Å². The minimum atomic E-state index is -0.475. The molecule has 0 unspecified atom stereocenters. The van der Waals surface area contributed by atoms with Gasteiger partial charge < -0.3 is 4.79 Å². The van der Waals surface area contributed by atoms with E-state index in [4.69, 9.17) is 16.5 Å². The average Bonchev–Trinajstić information content (AvgIpc) is 2.83. The number of nitrogens with zero attached hydrogens (tertiary/aromatic N) is 4. The number of benzene rings is 1. The maximum Gasteiger partial charge on any atom is 0.226 e. The summed E-state index contributed by atoms with van der Waals surface area (Å²) in [7, 11) is 0. The largest absolute Gasteiger partial charge is 0.308 e. The molecule has 5 nitrogen and oxygen atoms in total. The predicted molar refractivity (Wildman–Crippen MR) is 123 cm³/mol. The maximum atomic E-state index is 12.7. The Morgan fingerprint density at radius 3 is 2.59 bits per heavy atom. The van der Waals surface area contributed by atoms with Gasteiger partial charge in [0.15, 0.2) is 11.6 Å². The van der Waals surface area contributed by atoms with Crippen molar-refractivity contribution in [3.63, 3.8) is 0 Å². The van der Waals surface area contributed by atoms with Crippen LogP contribution in [0.2, 0.25) is 0 Å². The highest BCUT2D eigenvalue weighted by Crippen LogP contribution is 2.50. The van der Waals surface area contributed by atoms with Gasteiger partial charge in [0.2, 0.25) is 5.70 Å². The molecule has 0 bridgehead atoms. The van der Waals surface area contributed by atoms with Gasteiger partial charge in [-0.3, -0.25) is 4.98 Å². The number of allylic oxidation sites excluding steroid dienone is 2. The summed E-state index contributed by atoms with van der Waals surface area (Å²) in [4.78, 5) is 30.5. The van der Waals surface area contributed by atoms with Gasteiger partial charge in [0, 0.05) is 35.7 Å². The van der Waals surface area contributed by atoms with Crippen LogP contribution in [-0.2, 0) is 23.1 Å². The van der Waals surface area contributed by atoms with Gasteiger partial charge in [0.1, 0.15) is 0 Å². The van der Waals surface area contributed by atoms with Crippen molar-refractivity contribution < 1.29 is 4.79 Å². The third-order valence-corrected chi connectivity index (χ3v) is 7.06. The van der Waals surface area contributed by atoms with Crippen LogP contribution < -0.4 is 0 Å². The molecule has 0 spiro atoms. The van der Waals surface area contributed by atoms with Crippen molar-refractivity contribution in [2.24, 2.45) is 11.8 Å². The highest BCUT2D eigenvalue weighted by molar-refractivity contribution is 6.00. The van der Waals surface area contributed by atoms with E-state index in [1.807, 2.05) is 43.3 Å². The zero-order chi connectivity index (χ0) is 22.3. The molecule has 1 aromatic carbocycles. The molecule has 5 heteroatoms. The Labute approximate surface area is 188 Å². The fraction of sp³-hybridized carbons (Fsp3) is 0.296. The van der Waals surface area contributed by atoms with Gasteiger partial charge in [-0.05, 0) is 42.0 Å². The first-order chi connectivity index (χ1) is 15.5. The molecule has 0 saturated heterocycles. The molecule has 2 aliphatic rings. The number of hydrogen-bond donors (Lipinski definition) is 0. The fourth-order valence-corrected chi connectivity index (χ4v) is 5.38. The zero-order valence-corrected chi connectivity index (χ0v) is 18.2. The number of ketones is 1. The van der Waals surface area contributed by atoms with Crippen molar-refractivity contribution in [3.8, 4) is 11.4 Å². The topological polar surface area (TPSA) is 60.1 Å². The normalized spacial score (nSPS) is 24.2. The Balaban J connectivity index is 1.74. The first kappa shape index (κ1) is 20.3. The number of aromatic nitrogens is 3. The Morgan fingerprint density at radius 1 is 1.12 bits per heavy atom. The van der Waals surface area contributed by atoms with Crippen molar-refractivity contribution in [1.29, 1.82) is 0 Å². The monoisotopic (exact) mass is 420 g/mol. The van der Waals surface area contributed by atoms with Gasteiger partial charge in [0.05, 0.1) is 18.0 Å². The molecule has 0 fully saturated rings. The number of carbonyl (C=O) groups is 1. The predicted octanol–water partition coefficient (Wildman–Crippen LogP) is 4.97. The second-order valence-corrected chi connectivity index (χ2v) is 8.94. The third kappa shape index (κ3) is 3.23. The molecule has 158 valence electrons. The summed E-state index contributed by atoms with van der Waals surface area (Å²) in [5.41, 5.74) is 5.02. The molecule has 3 aromatic rings. The number of pyridine rings is 1. The summed E-state index contributed by atoms with van der Waals surface area (Å²) < 4.78 is 0. The van der Waals surface area contributed by atoms with Crippen LogP contribution in [0, 0.1) is 18.4 Å². The van der Waals surface area contributed by atoms with Crippen LogP contribution in [0.3, 0.4) is 0 Å². The van der Waals surface area contributed by atoms with Gasteiger partial charge in [-0.15, -0.1) is 0 Å². The van der Waals surface area contributed by atoms with Crippen molar-refractivity contribution in [3.05, 3.63) is 101 Å². The number of hydrogen-bond acceptors (Lipinski definition) is 4. The number of Topliss-reactive ketones (excluding diaryl/α,β-unsaturated/α-hetero) is 1. The number of rotatable bonds is 3. The third-order valence-electron chi connectivity index (χ3n) is 7.06. The summed E-state index contributed by atoms with van der Waals surface area (Å²) in [6.07, 6.45) is 7.82. The molecule has 0 radical (unpaired) electrons. The highest BCUT2D eigenvalue weighted by atomic mass is 16.1. The lowest BCUT2D eigenvalue weighted by molar-refractivity contribution is -0.121. The number of fused-ring (bicyclic) bond motifs is 3. The Kier molecular flexibility index (Phi) is 4.94. The Morgan fingerprint density at radius 2 is 1.88 bits per heavy atom. The lowest BCUT2D eigenvalue weighted by atomic mass is 9.58. The highest BCUT2D eigenvalue weighted by Gasteiger charge is 2.49. The van der Waals surface area contributed by atoms with Crippen LogP contribution in [0.5, 0.6) is 0 Å². The van der Waals surface area contributed by atoms with Crippen molar-refractivity contribution in [1.82, 2.24) is 15.0 Å². The zero-order valence-electron chi connectivity index (χ0n) is 18.2. The van der Waals surface area contributed by atoms with Crippen molar-refractivity contribution in [2.45, 2.75) is 38.5 Å². The van der Waals surface area contributed by atoms with Crippen LogP contribution in [0.25, 0.3) is 16.2 Å². The standard InChI is InChI=1S/C27H24N4O/c1-17-21-10-9-20-22(15-18-7-5-4-6-8-18)30-26(19-11-13-29-14-12-19)31-25(20)27(21,2)16-23(28-3)24(17)32/h4-8,11-14,16-17,21H,9-10,15H2,1-2H3/t17-,21-,27-/m1/s1. The average molecular weight is 421 g/mol. The Hall–Kier alpha value is -3.65. The molecule has 0 aliphatic heterocycles. The SMILES string of the molecule is [C-]#[N+]C1=C[C@@]2(C)c3nc(-c4ccncc4)nc(Cc4ccccc4)c3CC[C@@H]2[C@@H](C)C1=O. The second-order valence-electron chi connectivity index (χ2n) is 8.94. The van der Waals surface area contributed by atoms with Crippen LogP contribution in [0.4, 0.5) is 0 Å². The molecule has 3 atom stereocenters. The lowest BCUT2D eigenvalue weighted by Gasteiger charge is -2.46. The van der Waals surface area contributed by atoms with Crippen LogP contribution in [0.1, 0.15) is 42.8 Å². The van der Waals surface area contributed by atoms with E-state index in [1.165, 1.54) is 5.56 Å². The van der Waals surface area contributed by atoms with E-state index in [-0.39, 0.29) is 23.3 Å². The van der Waals surface area contributed by atoms with E-state index in [9.17, 15) is 4.79 Å². The second kappa shape index (κ2) is 7.80. The lowest BCUT2D eigenvalue weighted by Crippen LogP contribution is -2.46. The maximum absolute atomic E-state index is 12.7.